The molecule has 0 saturated heterocycles. The molecular formula is C17H17NO3. The van der Waals surface area contributed by atoms with E-state index in [1.54, 1.807) is 31.4 Å². The van der Waals surface area contributed by atoms with Gasteiger partial charge in [0.05, 0.1) is 18.2 Å². The summed E-state index contributed by atoms with van der Waals surface area (Å²) >= 11 is 0. The lowest BCUT2D eigenvalue weighted by atomic mass is 10.2. The van der Waals surface area contributed by atoms with Gasteiger partial charge in [-0.25, -0.2) is 0 Å². The lowest BCUT2D eigenvalue weighted by Crippen LogP contribution is -2.09. The van der Waals surface area contributed by atoms with Gasteiger partial charge in [-0.2, -0.15) is 5.26 Å². The van der Waals surface area contributed by atoms with E-state index in [0.29, 0.717) is 25.4 Å². The van der Waals surface area contributed by atoms with E-state index >= 15 is 0 Å². The Balaban J connectivity index is 1.76. The maximum atomic E-state index is 8.71. The number of hydrogen-bond acceptors (Lipinski definition) is 4. The number of methoxy groups -OCH3 is 1. The molecule has 108 valence electrons. The van der Waals surface area contributed by atoms with Crippen LogP contribution in [0.1, 0.15) is 11.1 Å². The molecule has 0 heterocycles. The Morgan fingerprint density at radius 1 is 0.952 bits per heavy atom. The number of nitriles is 1. The fourth-order valence-corrected chi connectivity index (χ4v) is 1.84. The number of nitrogens with zero attached hydrogens (tertiary/aromatic N) is 1. The molecule has 0 aliphatic heterocycles. The molecular weight excluding hydrogens is 266 g/mol. The third-order valence-corrected chi connectivity index (χ3v) is 2.81. The predicted molar refractivity (Wildman–Crippen MR) is 79.3 cm³/mol. The molecule has 2 aromatic carbocycles. The predicted octanol–water partition coefficient (Wildman–Crippen LogP) is 3.16. The molecule has 2 aromatic rings. The Labute approximate surface area is 124 Å². The quantitative estimate of drug-likeness (QED) is 0.732. The highest BCUT2D eigenvalue weighted by atomic mass is 16.5. The summed E-state index contributed by atoms with van der Waals surface area (Å²) in [5.74, 6) is 1.53. The largest absolute Gasteiger partial charge is 0.490 e. The van der Waals surface area contributed by atoms with E-state index in [-0.39, 0.29) is 0 Å². The van der Waals surface area contributed by atoms with Crippen LogP contribution >= 0.6 is 0 Å². The average molecular weight is 283 g/mol. The van der Waals surface area contributed by atoms with Gasteiger partial charge in [0.2, 0.25) is 0 Å². The van der Waals surface area contributed by atoms with E-state index in [1.807, 2.05) is 24.3 Å². The summed E-state index contributed by atoms with van der Waals surface area (Å²) in [7, 11) is 1.67. The van der Waals surface area contributed by atoms with Crippen LogP contribution in [0.2, 0.25) is 0 Å². The van der Waals surface area contributed by atoms with Crippen LogP contribution in [-0.4, -0.2) is 20.3 Å². The molecule has 4 nitrogen and oxygen atoms in total. The van der Waals surface area contributed by atoms with Gasteiger partial charge in [-0.05, 0) is 42.0 Å². The molecule has 0 fully saturated rings. The van der Waals surface area contributed by atoms with E-state index in [4.69, 9.17) is 19.5 Å². The summed E-state index contributed by atoms with van der Waals surface area (Å²) in [6, 6.07) is 16.9. The SMILES string of the molecule is COCc1cccc(OCCOc2ccc(C#N)cc2)c1. The summed E-state index contributed by atoms with van der Waals surface area (Å²) in [4.78, 5) is 0. The standard InChI is InChI=1S/C17H17NO3/c1-19-13-15-3-2-4-17(11-15)21-10-9-20-16-7-5-14(12-18)6-8-16/h2-8,11H,9-10,13H2,1H3. The molecule has 4 heteroatoms. The number of hydrogen-bond donors (Lipinski definition) is 0. The minimum atomic E-state index is 0.445. The fourth-order valence-electron chi connectivity index (χ4n) is 1.84. The van der Waals surface area contributed by atoms with Crippen molar-refractivity contribution in [2.75, 3.05) is 20.3 Å². The summed E-state index contributed by atoms with van der Waals surface area (Å²) in [5.41, 5.74) is 1.69. The number of rotatable bonds is 7. The molecule has 0 bridgehead atoms. The third kappa shape index (κ3) is 4.83. The van der Waals surface area contributed by atoms with Gasteiger partial charge in [-0.15, -0.1) is 0 Å². The molecule has 0 spiro atoms. The summed E-state index contributed by atoms with van der Waals surface area (Å²) in [6.07, 6.45) is 0. The zero-order chi connectivity index (χ0) is 14.9. The van der Waals surface area contributed by atoms with Crippen molar-refractivity contribution in [2.24, 2.45) is 0 Å². The number of benzene rings is 2. The van der Waals surface area contributed by atoms with E-state index in [0.717, 1.165) is 17.1 Å². The third-order valence-electron chi connectivity index (χ3n) is 2.81. The molecule has 0 aromatic heterocycles. The van der Waals surface area contributed by atoms with Gasteiger partial charge < -0.3 is 14.2 Å². The molecule has 0 atom stereocenters. The Hall–Kier alpha value is -2.51. The van der Waals surface area contributed by atoms with Gasteiger partial charge in [0.1, 0.15) is 24.7 Å². The molecule has 0 N–H and O–H groups in total. The minimum Gasteiger partial charge on any atom is -0.490 e. The van der Waals surface area contributed by atoms with Gasteiger partial charge in [0.15, 0.2) is 0 Å². The highest BCUT2D eigenvalue weighted by molar-refractivity contribution is 5.34. The first kappa shape index (κ1) is 14.9. The van der Waals surface area contributed by atoms with E-state index in [9.17, 15) is 0 Å². The summed E-state index contributed by atoms with van der Waals surface area (Å²) < 4.78 is 16.3. The van der Waals surface area contributed by atoms with Gasteiger partial charge in [-0.1, -0.05) is 12.1 Å². The molecule has 0 saturated carbocycles. The van der Waals surface area contributed by atoms with Crippen LogP contribution in [-0.2, 0) is 11.3 Å². The van der Waals surface area contributed by atoms with Crippen LogP contribution in [0, 0.1) is 11.3 Å². The summed E-state index contributed by atoms with van der Waals surface area (Å²) in [6.45, 7) is 1.47. The topological polar surface area (TPSA) is 51.5 Å². The van der Waals surface area contributed by atoms with Crippen molar-refractivity contribution in [3.05, 3.63) is 59.7 Å². The van der Waals surface area contributed by atoms with Gasteiger partial charge in [0, 0.05) is 7.11 Å². The summed E-state index contributed by atoms with van der Waals surface area (Å²) in [5, 5.41) is 8.71. The van der Waals surface area contributed by atoms with Gasteiger partial charge in [0.25, 0.3) is 0 Å². The van der Waals surface area contributed by atoms with Crippen molar-refractivity contribution in [2.45, 2.75) is 6.61 Å². The van der Waals surface area contributed by atoms with Crippen molar-refractivity contribution in [3.63, 3.8) is 0 Å². The fraction of sp³-hybridized carbons (Fsp3) is 0.235. The second kappa shape index (κ2) is 7.93. The van der Waals surface area contributed by atoms with Crippen molar-refractivity contribution in [1.82, 2.24) is 0 Å². The highest BCUT2D eigenvalue weighted by Gasteiger charge is 1.98. The van der Waals surface area contributed by atoms with Crippen LogP contribution in [0.3, 0.4) is 0 Å². The normalized spacial score (nSPS) is 9.90. The molecule has 0 radical (unpaired) electrons. The molecule has 0 amide bonds. The van der Waals surface area contributed by atoms with E-state index in [2.05, 4.69) is 6.07 Å². The first-order valence-electron chi connectivity index (χ1n) is 6.65. The zero-order valence-corrected chi connectivity index (χ0v) is 11.9. The molecule has 0 unspecified atom stereocenters. The van der Waals surface area contributed by atoms with Crippen molar-refractivity contribution >= 4 is 0 Å². The van der Waals surface area contributed by atoms with Crippen molar-refractivity contribution in [1.29, 1.82) is 5.26 Å². The highest BCUT2D eigenvalue weighted by Crippen LogP contribution is 2.14. The van der Waals surface area contributed by atoms with Crippen LogP contribution in [0.4, 0.5) is 0 Å². The average Bonchev–Trinajstić information content (AvgIpc) is 2.53. The molecule has 21 heavy (non-hydrogen) atoms. The minimum absolute atomic E-state index is 0.445. The smallest absolute Gasteiger partial charge is 0.122 e. The zero-order valence-electron chi connectivity index (χ0n) is 11.9. The Bertz CT molecular complexity index is 602. The van der Waals surface area contributed by atoms with Crippen LogP contribution in [0.5, 0.6) is 11.5 Å². The lowest BCUT2D eigenvalue weighted by molar-refractivity contribution is 0.184. The molecule has 0 aliphatic rings. The Kier molecular flexibility index (Phi) is 5.62. The molecule has 0 aliphatic carbocycles. The van der Waals surface area contributed by atoms with Crippen LogP contribution < -0.4 is 9.47 Å². The van der Waals surface area contributed by atoms with Crippen LogP contribution in [0.15, 0.2) is 48.5 Å². The van der Waals surface area contributed by atoms with Crippen molar-refractivity contribution in [3.8, 4) is 17.6 Å². The Morgan fingerprint density at radius 3 is 2.33 bits per heavy atom. The van der Waals surface area contributed by atoms with Gasteiger partial charge >= 0.3 is 0 Å². The van der Waals surface area contributed by atoms with Crippen LogP contribution in [0.25, 0.3) is 0 Å². The first-order chi connectivity index (χ1) is 10.3. The van der Waals surface area contributed by atoms with E-state index in [1.165, 1.54) is 0 Å². The Morgan fingerprint density at radius 2 is 1.67 bits per heavy atom. The lowest BCUT2D eigenvalue weighted by Gasteiger charge is -2.09. The maximum Gasteiger partial charge on any atom is 0.122 e. The second-order valence-corrected chi connectivity index (χ2v) is 4.41. The van der Waals surface area contributed by atoms with Crippen molar-refractivity contribution < 1.29 is 14.2 Å². The number of ether oxygens (including phenoxy) is 3. The first-order valence-corrected chi connectivity index (χ1v) is 6.65. The second-order valence-electron chi connectivity index (χ2n) is 4.41. The maximum absolute atomic E-state index is 8.71. The van der Waals surface area contributed by atoms with E-state index < -0.39 is 0 Å². The monoisotopic (exact) mass is 283 g/mol. The molecule has 2 rings (SSSR count). The van der Waals surface area contributed by atoms with Gasteiger partial charge in [-0.3, -0.25) is 0 Å².